The highest BCUT2D eigenvalue weighted by Gasteiger charge is 2.09. The molecule has 0 heterocycles. The average Bonchev–Trinajstić information content (AvgIpc) is 2.43. The summed E-state index contributed by atoms with van der Waals surface area (Å²) < 4.78 is 18.9. The summed E-state index contributed by atoms with van der Waals surface area (Å²) in [5, 5.41) is 3.07. The number of nitrogens with one attached hydrogen (secondary N) is 1. The summed E-state index contributed by atoms with van der Waals surface area (Å²) >= 11 is 11.6. The van der Waals surface area contributed by atoms with E-state index in [2.05, 4.69) is 5.32 Å². The molecule has 0 aliphatic carbocycles. The molecule has 2 aromatic carbocycles. The third-order valence-corrected chi connectivity index (χ3v) is 3.20. The van der Waals surface area contributed by atoms with Crippen LogP contribution in [0.25, 0.3) is 0 Å². The monoisotopic (exact) mass is 327 g/mol. The molecule has 1 N–H and O–H groups in total. The molecule has 0 spiro atoms. The highest BCUT2D eigenvalue weighted by Crippen LogP contribution is 2.25. The molecule has 2 rings (SSSR count). The van der Waals surface area contributed by atoms with Gasteiger partial charge in [-0.25, -0.2) is 4.39 Å². The van der Waals surface area contributed by atoms with E-state index in [1.165, 1.54) is 12.1 Å². The fraction of sp³-hybridized carbons (Fsp3) is 0.133. The lowest BCUT2D eigenvalue weighted by molar-refractivity contribution is -0.118. The van der Waals surface area contributed by atoms with Gasteiger partial charge in [-0.2, -0.15) is 0 Å². The van der Waals surface area contributed by atoms with Gasteiger partial charge in [0.25, 0.3) is 5.91 Å². The van der Waals surface area contributed by atoms with Crippen molar-refractivity contribution in [3.05, 3.63) is 57.8 Å². The Bertz CT molecular complexity index is 677. The standard InChI is InChI=1S/C15H12Cl2FNO2/c1-9-2-4-11(17)14(6-9)21-8-15(20)19-13-5-3-10(16)7-12(13)18/h2-7H,8H2,1H3,(H,19,20). The smallest absolute Gasteiger partial charge is 0.262 e. The molecule has 2 aromatic rings. The maximum absolute atomic E-state index is 13.5. The van der Waals surface area contributed by atoms with Crippen LogP contribution >= 0.6 is 23.2 Å². The zero-order valence-corrected chi connectivity index (χ0v) is 12.6. The molecule has 0 radical (unpaired) electrons. The second-order valence-corrected chi connectivity index (χ2v) is 5.24. The first-order valence-electron chi connectivity index (χ1n) is 6.09. The Hall–Kier alpha value is -1.78. The molecule has 0 aliphatic heterocycles. The molecule has 0 aliphatic rings. The molecule has 0 saturated heterocycles. The average molecular weight is 328 g/mol. The van der Waals surface area contributed by atoms with Crippen molar-refractivity contribution in [3.63, 3.8) is 0 Å². The lowest BCUT2D eigenvalue weighted by Gasteiger charge is -2.10. The van der Waals surface area contributed by atoms with Crippen LogP contribution in [0.1, 0.15) is 5.56 Å². The van der Waals surface area contributed by atoms with Crippen molar-refractivity contribution in [3.8, 4) is 5.75 Å². The number of aryl methyl sites for hydroxylation is 1. The van der Waals surface area contributed by atoms with Crippen LogP contribution in [-0.4, -0.2) is 12.5 Å². The van der Waals surface area contributed by atoms with Crippen molar-refractivity contribution in [2.75, 3.05) is 11.9 Å². The van der Waals surface area contributed by atoms with Gasteiger partial charge in [-0.15, -0.1) is 0 Å². The number of hydrogen-bond acceptors (Lipinski definition) is 2. The third-order valence-electron chi connectivity index (χ3n) is 2.65. The van der Waals surface area contributed by atoms with Gasteiger partial charge < -0.3 is 10.1 Å². The molecule has 3 nitrogen and oxygen atoms in total. The minimum Gasteiger partial charge on any atom is -0.482 e. The van der Waals surface area contributed by atoms with Crippen LogP contribution in [0.3, 0.4) is 0 Å². The van der Waals surface area contributed by atoms with E-state index in [4.69, 9.17) is 27.9 Å². The minimum atomic E-state index is -0.607. The highest BCUT2D eigenvalue weighted by atomic mass is 35.5. The number of rotatable bonds is 4. The van der Waals surface area contributed by atoms with Gasteiger partial charge in [-0.3, -0.25) is 4.79 Å². The number of halogens is 3. The molecule has 0 fully saturated rings. The maximum Gasteiger partial charge on any atom is 0.262 e. The first-order chi connectivity index (χ1) is 9.95. The number of amides is 1. The largest absolute Gasteiger partial charge is 0.482 e. The quantitative estimate of drug-likeness (QED) is 0.900. The van der Waals surface area contributed by atoms with Crippen molar-refractivity contribution in [1.82, 2.24) is 0 Å². The first-order valence-corrected chi connectivity index (χ1v) is 6.85. The number of carbonyl (C=O) groups is 1. The predicted molar refractivity (Wildman–Crippen MR) is 81.7 cm³/mol. The van der Waals surface area contributed by atoms with E-state index in [1.807, 2.05) is 13.0 Å². The molecular formula is C15H12Cl2FNO2. The third kappa shape index (κ3) is 4.34. The Labute approximate surface area is 131 Å². The summed E-state index contributed by atoms with van der Waals surface area (Å²) in [5.41, 5.74) is 1.00. The van der Waals surface area contributed by atoms with Crippen molar-refractivity contribution < 1.29 is 13.9 Å². The number of hydrogen-bond donors (Lipinski definition) is 1. The van der Waals surface area contributed by atoms with Gasteiger partial charge in [0.1, 0.15) is 11.6 Å². The van der Waals surface area contributed by atoms with Crippen molar-refractivity contribution in [2.24, 2.45) is 0 Å². The van der Waals surface area contributed by atoms with Gasteiger partial charge in [0.2, 0.25) is 0 Å². The molecule has 0 saturated carbocycles. The summed E-state index contributed by atoms with van der Waals surface area (Å²) in [4.78, 5) is 11.7. The topological polar surface area (TPSA) is 38.3 Å². The zero-order valence-electron chi connectivity index (χ0n) is 11.1. The number of benzene rings is 2. The van der Waals surface area contributed by atoms with E-state index in [-0.39, 0.29) is 17.3 Å². The summed E-state index contributed by atoms with van der Waals surface area (Å²) in [5.74, 6) is -0.693. The van der Waals surface area contributed by atoms with E-state index < -0.39 is 11.7 Å². The van der Waals surface area contributed by atoms with Crippen molar-refractivity contribution >= 4 is 34.8 Å². The fourth-order valence-electron chi connectivity index (χ4n) is 1.64. The Morgan fingerprint density at radius 3 is 2.71 bits per heavy atom. The Morgan fingerprint density at radius 2 is 2.00 bits per heavy atom. The van der Waals surface area contributed by atoms with Crippen LogP contribution in [0.4, 0.5) is 10.1 Å². The second kappa shape index (κ2) is 6.78. The van der Waals surface area contributed by atoms with E-state index in [1.54, 1.807) is 12.1 Å². The second-order valence-electron chi connectivity index (χ2n) is 4.39. The summed E-state index contributed by atoms with van der Waals surface area (Å²) in [6.45, 7) is 1.61. The highest BCUT2D eigenvalue weighted by molar-refractivity contribution is 6.32. The number of anilines is 1. The predicted octanol–water partition coefficient (Wildman–Crippen LogP) is 4.46. The normalized spacial score (nSPS) is 10.3. The van der Waals surface area contributed by atoms with E-state index >= 15 is 0 Å². The molecule has 21 heavy (non-hydrogen) atoms. The van der Waals surface area contributed by atoms with Gasteiger partial charge >= 0.3 is 0 Å². The van der Waals surface area contributed by atoms with Crippen molar-refractivity contribution in [2.45, 2.75) is 6.92 Å². The molecule has 110 valence electrons. The summed E-state index contributed by atoms with van der Waals surface area (Å²) in [6.07, 6.45) is 0. The first kappa shape index (κ1) is 15.6. The maximum atomic E-state index is 13.5. The zero-order chi connectivity index (χ0) is 15.4. The van der Waals surface area contributed by atoms with Crippen molar-refractivity contribution in [1.29, 1.82) is 0 Å². The fourth-order valence-corrected chi connectivity index (χ4v) is 1.97. The van der Waals surface area contributed by atoms with Crippen LogP contribution in [0.15, 0.2) is 36.4 Å². The number of carbonyl (C=O) groups excluding carboxylic acids is 1. The lowest BCUT2D eigenvalue weighted by atomic mass is 10.2. The minimum absolute atomic E-state index is 0.0448. The van der Waals surface area contributed by atoms with Gasteiger partial charge in [-0.1, -0.05) is 29.3 Å². The van der Waals surface area contributed by atoms with E-state index in [9.17, 15) is 9.18 Å². The summed E-state index contributed by atoms with van der Waals surface area (Å²) in [6, 6.07) is 9.23. The molecule has 1 amide bonds. The van der Waals surface area contributed by atoms with Crippen LogP contribution in [-0.2, 0) is 4.79 Å². The molecule has 0 bridgehead atoms. The van der Waals surface area contributed by atoms with Gasteiger partial charge in [0.05, 0.1) is 10.7 Å². The Morgan fingerprint density at radius 1 is 1.24 bits per heavy atom. The molecule has 6 heteroatoms. The number of ether oxygens (including phenoxy) is 1. The van der Waals surface area contributed by atoms with Crippen LogP contribution in [0, 0.1) is 12.7 Å². The SMILES string of the molecule is Cc1ccc(Cl)c(OCC(=O)Nc2ccc(Cl)cc2F)c1. The van der Waals surface area contributed by atoms with Crippen LogP contribution < -0.4 is 10.1 Å². The summed E-state index contributed by atoms with van der Waals surface area (Å²) in [7, 11) is 0. The van der Waals surface area contributed by atoms with Gasteiger partial charge in [0.15, 0.2) is 6.61 Å². The van der Waals surface area contributed by atoms with Crippen LogP contribution in [0.2, 0.25) is 10.0 Å². The van der Waals surface area contributed by atoms with Crippen LogP contribution in [0.5, 0.6) is 5.75 Å². The van der Waals surface area contributed by atoms with E-state index in [0.29, 0.717) is 10.8 Å². The van der Waals surface area contributed by atoms with Gasteiger partial charge in [0, 0.05) is 5.02 Å². The lowest BCUT2D eigenvalue weighted by Crippen LogP contribution is -2.20. The Kier molecular flexibility index (Phi) is 5.04. The molecule has 0 unspecified atom stereocenters. The molecular weight excluding hydrogens is 316 g/mol. The Balaban J connectivity index is 1.97. The molecule has 0 atom stereocenters. The molecule has 0 aromatic heterocycles. The van der Waals surface area contributed by atoms with E-state index in [0.717, 1.165) is 11.6 Å². The van der Waals surface area contributed by atoms with Gasteiger partial charge in [-0.05, 0) is 42.8 Å².